The minimum absolute atomic E-state index is 0.660. The Hall–Kier alpha value is -1.03. The standard InChI is InChI=1S/C14H16ClNO2/c1-16-6-4-14(17,5-7-16)13-9-10-8-11(15)2-3-12(10)18-13/h2-3,8-9,17H,4-7H2,1H3. The Morgan fingerprint density at radius 1 is 1.28 bits per heavy atom. The van der Waals surface area contributed by atoms with Gasteiger partial charge in [-0.3, -0.25) is 0 Å². The number of benzene rings is 1. The van der Waals surface area contributed by atoms with Crippen LogP contribution in [-0.2, 0) is 5.60 Å². The van der Waals surface area contributed by atoms with Crippen LogP contribution >= 0.6 is 11.6 Å². The van der Waals surface area contributed by atoms with Gasteiger partial charge in [0.25, 0.3) is 0 Å². The Bertz CT molecular complexity index is 570. The first-order valence-corrected chi connectivity index (χ1v) is 6.55. The molecule has 2 heterocycles. The molecule has 0 spiro atoms. The van der Waals surface area contributed by atoms with Crippen molar-refractivity contribution in [3.8, 4) is 0 Å². The quantitative estimate of drug-likeness (QED) is 0.861. The first-order chi connectivity index (χ1) is 8.57. The lowest BCUT2D eigenvalue weighted by Crippen LogP contribution is -2.40. The molecule has 3 rings (SSSR count). The second kappa shape index (κ2) is 4.26. The van der Waals surface area contributed by atoms with E-state index in [1.807, 2.05) is 18.2 Å². The van der Waals surface area contributed by atoms with Gasteiger partial charge in [-0.25, -0.2) is 0 Å². The van der Waals surface area contributed by atoms with Gasteiger partial charge in [-0.1, -0.05) is 11.6 Å². The van der Waals surface area contributed by atoms with Crippen LogP contribution < -0.4 is 0 Å². The summed E-state index contributed by atoms with van der Waals surface area (Å²) >= 11 is 5.96. The van der Waals surface area contributed by atoms with Gasteiger partial charge in [-0.2, -0.15) is 0 Å². The Kier molecular flexibility index (Phi) is 2.85. The zero-order chi connectivity index (χ0) is 12.8. The van der Waals surface area contributed by atoms with Crippen LogP contribution in [0.1, 0.15) is 18.6 Å². The van der Waals surface area contributed by atoms with Crippen molar-refractivity contribution in [3.05, 3.63) is 35.0 Å². The van der Waals surface area contributed by atoms with E-state index in [2.05, 4.69) is 11.9 Å². The van der Waals surface area contributed by atoms with Crippen molar-refractivity contribution in [2.24, 2.45) is 0 Å². The van der Waals surface area contributed by atoms with Crippen molar-refractivity contribution in [2.75, 3.05) is 20.1 Å². The molecule has 1 fully saturated rings. The summed E-state index contributed by atoms with van der Waals surface area (Å²) in [5, 5.41) is 12.3. The summed E-state index contributed by atoms with van der Waals surface area (Å²) in [4.78, 5) is 2.22. The number of nitrogens with zero attached hydrogens (tertiary/aromatic N) is 1. The molecule has 1 saturated heterocycles. The Labute approximate surface area is 111 Å². The third kappa shape index (κ3) is 2.03. The summed E-state index contributed by atoms with van der Waals surface area (Å²) in [6, 6.07) is 7.42. The van der Waals surface area contributed by atoms with Crippen LogP contribution in [0.2, 0.25) is 5.02 Å². The lowest BCUT2D eigenvalue weighted by atomic mass is 9.89. The van der Waals surface area contributed by atoms with Crippen molar-refractivity contribution in [2.45, 2.75) is 18.4 Å². The Morgan fingerprint density at radius 2 is 2.00 bits per heavy atom. The molecule has 1 aliphatic rings. The second-order valence-corrected chi connectivity index (χ2v) is 5.56. The smallest absolute Gasteiger partial charge is 0.136 e. The molecule has 4 heteroatoms. The van der Waals surface area contributed by atoms with Crippen LogP contribution in [0.4, 0.5) is 0 Å². The Morgan fingerprint density at radius 3 is 2.72 bits per heavy atom. The number of hydrogen-bond donors (Lipinski definition) is 1. The van der Waals surface area contributed by atoms with E-state index >= 15 is 0 Å². The van der Waals surface area contributed by atoms with E-state index in [1.165, 1.54) is 0 Å². The molecule has 1 aromatic heterocycles. The topological polar surface area (TPSA) is 36.6 Å². The number of furan rings is 1. The first kappa shape index (κ1) is 12.0. The molecule has 0 amide bonds. The van der Waals surface area contributed by atoms with Crippen LogP contribution in [0, 0.1) is 0 Å². The number of aliphatic hydroxyl groups is 1. The highest BCUT2D eigenvalue weighted by Crippen LogP contribution is 2.36. The number of halogens is 1. The summed E-state index contributed by atoms with van der Waals surface area (Å²) in [6.07, 6.45) is 1.41. The minimum atomic E-state index is -0.835. The number of rotatable bonds is 1. The van der Waals surface area contributed by atoms with Crippen molar-refractivity contribution in [3.63, 3.8) is 0 Å². The summed E-state index contributed by atoms with van der Waals surface area (Å²) in [5.41, 5.74) is -0.0559. The fraction of sp³-hybridized carbons (Fsp3) is 0.429. The predicted octanol–water partition coefficient (Wildman–Crippen LogP) is 3.00. The highest BCUT2D eigenvalue weighted by Gasteiger charge is 2.36. The summed E-state index contributed by atoms with van der Waals surface area (Å²) < 4.78 is 5.77. The largest absolute Gasteiger partial charge is 0.458 e. The second-order valence-electron chi connectivity index (χ2n) is 5.13. The van der Waals surface area contributed by atoms with Crippen LogP contribution in [0.15, 0.2) is 28.7 Å². The van der Waals surface area contributed by atoms with Crippen LogP contribution in [0.3, 0.4) is 0 Å². The molecule has 1 N–H and O–H groups in total. The van der Waals surface area contributed by atoms with E-state index in [9.17, 15) is 5.11 Å². The van der Waals surface area contributed by atoms with Crippen LogP contribution in [-0.4, -0.2) is 30.1 Å². The van der Waals surface area contributed by atoms with Crippen LogP contribution in [0.5, 0.6) is 0 Å². The van der Waals surface area contributed by atoms with Gasteiger partial charge in [-0.15, -0.1) is 0 Å². The maximum Gasteiger partial charge on any atom is 0.136 e. The lowest BCUT2D eigenvalue weighted by Gasteiger charge is -2.34. The molecule has 0 radical (unpaired) electrons. The maximum atomic E-state index is 10.7. The first-order valence-electron chi connectivity index (χ1n) is 6.17. The van der Waals surface area contributed by atoms with Gasteiger partial charge in [0.1, 0.15) is 16.9 Å². The van der Waals surface area contributed by atoms with Crippen molar-refractivity contribution < 1.29 is 9.52 Å². The predicted molar refractivity (Wildman–Crippen MR) is 71.9 cm³/mol. The number of piperidine rings is 1. The molecule has 18 heavy (non-hydrogen) atoms. The molecule has 2 aromatic rings. The van der Waals surface area contributed by atoms with Gasteiger partial charge in [0.2, 0.25) is 0 Å². The summed E-state index contributed by atoms with van der Waals surface area (Å²) in [5.74, 6) is 0.660. The van der Waals surface area contributed by atoms with Gasteiger partial charge >= 0.3 is 0 Å². The van der Waals surface area contributed by atoms with Crippen molar-refractivity contribution >= 4 is 22.6 Å². The molecule has 0 atom stereocenters. The molecule has 96 valence electrons. The average molecular weight is 266 g/mol. The van der Waals surface area contributed by atoms with Gasteiger partial charge < -0.3 is 14.4 Å². The molecule has 0 aliphatic carbocycles. The highest BCUT2D eigenvalue weighted by atomic mass is 35.5. The van der Waals surface area contributed by atoms with Gasteiger partial charge in [0.05, 0.1) is 0 Å². The van der Waals surface area contributed by atoms with Gasteiger partial charge in [0.15, 0.2) is 0 Å². The third-order valence-corrected chi connectivity index (χ3v) is 3.99. The monoisotopic (exact) mass is 265 g/mol. The molecule has 1 aromatic carbocycles. The zero-order valence-corrected chi connectivity index (χ0v) is 11.1. The minimum Gasteiger partial charge on any atom is -0.458 e. The number of hydrogen-bond acceptors (Lipinski definition) is 3. The molecule has 1 aliphatic heterocycles. The number of likely N-dealkylation sites (tertiary alicyclic amines) is 1. The third-order valence-electron chi connectivity index (χ3n) is 3.75. The lowest BCUT2D eigenvalue weighted by molar-refractivity contribution is -0.0360. The van der Waals surface area contributed by atoms with Gasteiger partial charge in [0, 0.05) is 23.5 Å². The summed E-state index contributed by atoms with van der Waals surface area (Å²) in [7, 11) is 2.07. The molecular weight excluding hydrogens is 250 g/mol. The molecule has 3 nitrogen and oxygen atoms in total. The molecule has 0 saturated carbocycles. The van der Waals surface area contributed by atoms with Gasteiger partial charge in [-0.05, 0) is 44.2 Å². The normalized spacial score (nSPS) is 20.4. The van der Waals surface area contributed by atoms with Crippen molar-refractivity contribution in [1.29, 1.82) is 0 Å². The Balaban J connectivity index is 1.98. The molecule has 0 bridgehead atoms. The summed E-state index contributed by atoms with van der Waals surface area (Å²) in [6.45, 7) is 1.77. The van der Waals surface area contributed by atoms with E-state index in [4.69, 9.17) is 16.0 Å². The highest BCUT2D eigenvalue weighted by molar-refractivity contribution is 6.31. The maximum absolute atomic E-state index is 10.7. The van der Waals surface area contributed by atoms with Crippen molar-refractivity contribution in [1.82, 2.24) is 4.90 Å². The SMILES string of the molecule is CN1CCC(O)(c2cc3cc(Cl)ccc3o2)CC1. The van der Waals surface area contributed by atoms with E-state index in [0.29, 0.717) is 23.6 Å². The zero-order valence-electron chi connectivity index (χ0n) is 10.3. The van der Waals surface area contributed by atoms with E-state index in [1.54, 1.807) is 6.07 Å². The molecular formula is C14H16ClNO2. The van der Waals surface area contributed by atoms with Crippen LogP contribution in [0.25, 0.3) is 11.0 Å². The fourth-order valence-corrected chi connectivity index (χ4v) is 2.66. The number of fused-ring (bicyclic) bond motifs is 1. The van der Waals surface area contributed by atoms with E-state index in [-0.39, 0.29) is 0 Å². The molecule has 0 unspecified atom stereocenters. The average Bonchev–Trinajstić information content (AvgIpc) is 2.77. The van der Waals surface area contributed by atoms with E-state index < -0.39 is 5.60 Å². The fourth-order valence-electron chi connectivity index (χ4n) is 2.48. The van der Waals surface area contributed by atoms with E-state index in [0.717, 1.165) is 24.1 Å².